The SMILES string of the molecule is CCSc1cnc(C#N)cc1-c1cc(=O)c2c(F)cc(F)cc2[nH]1. The summed E-state index contributed by atoms with van der Waals surface area (Å²) in [4.78, 5) is 19.9. The average molecular weight is 343 g/mol. The van der Waals surface area contributed by atoms with Crippen LogP contribution in [0.1, 0.15) is 12.6 Å². The van der Waals surface area contributed by atoms with Crippen molar-refractivity contribution >= 4 is 22.7 Å². The second kappa shape index (κ2) is 6.42. The summed E-state index contributed by atoms with van der Waals surface area (Å²) in [5.41, 5.74) is 0.679. The number of thioether (sulfide) groups is 1. The van der Waals surface area contributed by atoms with E-state index in [0.717, 1.165) is 16.7 Å². The van der Waals surface area contributed by atoms with Gasteiger partial charge in [0.1, 0.15) is 23.4 Å². The molecule has 1 aromatic carbocycles. The van der Waals surface area contributed by atoms with Gasteiger partial charge in [-0.1, -0.05) is 6.92 Å². The van der Waals surface area contributed by atoms with Crippen molar-refractivity contribution in [1.29, 1.82) is 5.26 Å². The summed E-state index contributed by atoms with van der Waals surface area (Å²) in [6.07, 6.45) is 1.55. The predicted molar refractivity (Wildman–Crippen MR) is 88.8 cm³/mol. The minimum atomic E-state index is -0.909. The van der Waals surface area contributed by atoms with Gasteiger partial charge in [-0.3, -0.25) is 4.79 Å². The second-order valence-corrected chi connectivity index (χ2v) is 6.27. The zero-order valence-corrected chi connectivity index (χ0v) is 13.4. The molecule has 0 amide bonds. The fraction of sp³-hybridized carbons (Fsp3) is 0.118. The molecule has 120 valence electrons. The molecule has 7 heteroatoms. The van der Waals surface area contributed by atoms with Crippen molar-refractivity contribution in [2.75, 3.05) is 5.75 Å². The number of pyridine rings is 2. The lowest BCUT2D eigenvalue weighted by Crippen LogP contribution is -2.06. The number of halogens is 2. The van der Waals surface area contributed by atoms with Crippen LogP contribution in [0.25, 0.3) is 22.2 Å². The number of aromatic nitrogens is 2. The number of hydrogen-bond donors (Lipinski definition) is 1. The van der Waals surface area contributed by atoms with E-state index < -0.39 is 17.1 Å². The number of nitriles is 1. The number of hydrogen-bond acceptors (Lipinski definition) is 4. The van der Waals surface area contributed by atoms with Crippen LogP contribution in [0.15, 0.2) is 40.2 Å². The third-order valence-electron chi connectivity index (χ3n) is 3.42. The van der Waals surface area contributed by atoms with Crippen LogP contribution in [0.4, 0.5) is 8.78 Å². The van der Waals surface area contributed by atoms with Crippen LogP contribution < -0.4 is 5.43 Å². The Labute approximate surface area is 140 Å². The first kappa shape index (κ1) is 16.1. The number of H-pyrrole nitrogens is 1. The Morgan fingerprint density at radius 1 is 1.29 bits per heavy atom. The van der Waals surface area contributed by atoms with E-state index in [4.69, 9.17) is 5.26 Å². The largest absolute Gasteiger partial charge is 0.354 e. The van der Waals surface area contributed by atoms with Crippen LogP contribution in [0.5, 0.6) is 0 Å². The number of benzene rings is 1. The van der Waals surface area contributed by atoms with Gasteiger partial charge in [-0.15, -0.1) is 11.8 Å². The quantitative estimate of drug-likeness (QED) is 0.733. The predicted octanol–water partition coefficient (Wildman–Crippen LogP) is 3.85. The van der Waals surface area contributed by atoms with Crippen LogP contribution in [-0.4, -0.2) is 15.7 Å². The highest BCUT2D eigenvalue weighted by molar-refractivity contribution is 7.99. The number of rotatable bonds is 3. The first-order valence-electron chi connectivity index (χ1n) is 7.09. The molecule has 3 rings (SSSR count). The van der Waals surface area contributed by atoms with Crippen molar-refractivity contribution in [1.82, 2.24) is 9.97 Å². The summed E-state index contributed by atoms with van der Waals surface area (Å²) in [5, 5.41) is 8.84. The molecule has 0 fully saturated rings. The molecule has 0 aliphatic carbocycles. The lowest BCUT2D eigenvalue weighted by Gasteiger charge is -2.10. The van der Waals surface area contributed by atoms with E-state index in [0.29, 0.717) is 17.3 Å². The summed E-state index contributed by atoms with van der Waals surface area (Å²) in [7, 11) is 0. The van der Waals surface area contributed by atoms with Gasteiger partial charge >= 0.3 is 0 Å². The Morgan fingerprint density at radius 2 is 2.08 bits per heavy atom. The average Bonchev–Trinajstić information content (AvgIpc) is 2.54. The van der Waals surface area contributed by atoms with Crippen LogP contribution in [0, 0.1) is 23.0 Å². The topological polar surface area (TPSA) is 69.5 Å². The summed E-state index contributed by atoms with van der Waals surface area (Å²) >= 11 is 1.49. The lowest BCUT2D eigenvalue weighted by atomic mass is 10.1. The molecule has 24 heavy (non-hydrogen) atoms. The van der Waals surface area contributed by atoms with Crippen LogP contribution in [-0.2, 0) is 0 Å². The van der Waals surface area contributed by atoms with Crippen LogP contribution >= 0.6 is 11.8 Å². The first-order valence-corrected chi connectivity index (χ1v) is 8.07. The van der Waals surface area contributed by atoms with Crippen molar-refractivity contribution in [2.24, 2.45) is 0 Å². The van der Waals surface area contributed by atoms with Crippen molar-refractivity contribution in [3.05, 3.63) is 58.0 Å². The maximum absolute atomic E-state index is 13.8. The van der Waals surface area contributed by atoms with Gasteiger partial charge in [-0.25, -0.2) is 13.8 Å². The van der Waals surface area contributed by atoms with Crippen molar-refractivity contribution in [2.45, 2.75) is 11.8 Å². The highest BCUT2D eigenvalue weighted by atomic mass is 32.2. The van der Waals surface area contributed by atoms with Gasteiger partial charge in [-0.2, -0.15) is 5.26 Å². The molecule has 0 radical (unpaired) electrons. The molecule has 0 atom stereocenters. The lowest BCUT2D eigenvalue weighted by molar-refractivity contribution is 0.591. The molecule has 3 aromatic rings. The fourth-order valence-electron chi connectivity index (χ4n) is 2.44. The number of aromatic amines is 1. The number of nitrogens with one attached hydrogen (secondary N) is 1. The monoisotopic (exact) mass is 343 g/mol. The molecular weight excluding hydrogens is 332 g/mol. The zero-order chi connectivity index (χ0) is 17.3. The van der Waals surface area contributed by atoms with Crippen LogP contribution in [0.3, 0.4) is 0 Å². The number of nitrogens with zero attached hydrogens (tertiary/aromatic N) is 2. The molecule has 1 N–H and O–H groups in total. The van der Waals surface area contributed by atoms with E-state index in [2.05, 4.69) is 9.97 Å². The van der Waals surface area contributed by atoms with Gasteiger partial charge in [0.05, 0.1) is 16.6 Å². The van der Waals surface area contributed by atoms with E-state index in [9.17, 15) is 13.6 Å². The molecule has 2 heterocycles. The van der Waals surface area contributed by atoms with Gasteiger partial charge in [0.2, 0.25) is 0 Å². The van der Waals surface area contributed by atoms with Gasteiger partial charge in [-0.05, 0) is 17.9 Å². The maximum atomic E-state index is 13.8. The smallest absolute Gasteiger partial charge is 0.192 e. The Hall–Kier alpha value is -2.72. The number of fused-ring (bicyclic) bond motifs is 1. The van der Waals surface area contributed by atoms with E-state index >= 15 is 0 Å². The first-order chi connectivity index (χ1) is 11.5. The third kappa shape index (κ3) is 2.88. The maximum Gasteiger partial charge on any atom is 0.192 e. The Bertz CT molecular complexity index is 1040. The minimum Gasteiger partial charge on any atom is -0.354 e. The molecule has 0 spiro atoms. The van der Waals surface area contributed by atoms with E-state index in [1.54, 1.807) is 12.3 Å². The van der Waals surface area contributed by atoms with Crippen molar-refractivity contribution in [3.63, 3.8) is 0 Å². The zero-order valence-electron chi connectivity index (χ0n) is 12.6. The van der Waals surface area contributed by atoms with Gasteiger partial charge in [0.25, 0.3) is 0 Å². The summed E-state index contributed by atoms with van der Waals surface area (Å²) in [6.45, 7) is 1.96. The van der Waals surface area contributed by atoms with E-state index in [1.807, 2.05) is 13.0 Å². The molecule has 0 saturated heterocycles. The van der Waals surface area contributed by atoms with Gasteiger partial charge < -0.3 is 4.98 Å². The molecule has 0 unspecified atom stereocenters. The summed E-state index contributed by atoms with van der Waals surface area (Å²) in [5.74, 6) is -0.918. The molecule has 0 saturated carbocycles. The minimum absolute atomic E-state index is 0.0674. The Kier molecular flexibility index (Phi) is 4.32. The summed E-state index contributed by atoms with van der Waals surface area (Å²) < 4.78 is 27.3. The molecule has 2 aromatic heterocycles. The standard InChI is InChI=1S/C17H11F2N3OS/c1-2-24-16-8-21-10(7-20)5-11(16)13-6-15(23)17-12(19)3-9(18)4-14(17)22-13/h3-6,8H,2H2,1H3,(H,22,23). The third-order valence-corrected chi connectivity index (χ3v) is 4.34. The fourth-order valence-corrected chi connectivity index (χ4v) is 3.20. The van der Waals surface area contributed by atoms with Crippen molar-refractivity contribution < 1.29 is 8.78 Å². The summed E-state index contributed by atoms with van der Waals surface area (Å²) in [6, 6.07) is 6.49. The molecule has 0 aliphatic heterocycles. The normalized spacial score (nSPS) is 10.8. The van der Waals surface area contributed by atoms with E-state index in [1.165, 1.54) is 17.8 Å². The highest BCUT2D eigenvalue weighted by Gasteiger charge is 2.14. The second-order valence-electron chi connectivity index (χ2n) is 4.97. The van der Waals surface area contributed by atoms with Gasteiger partial charge in [0, 0.05) is 28.8 Å². The Morgan fingerprint density at radius 3 is 2.79 bits per heavy atom. The molecular formula is C17H11F2N3OS. The van der Waals surface area contributed by atoms with Crippen LogP contribution in [0.2, 0.25) is 0 Å². The Balaban J connectivity index is 2.31. The molecule has 4 nitrogen and oxygen atoms in total. The molecule has 0 aliphatic rings. The molecule has 0 bridgehead atoms. The highest BCUT2D eigenvalue weighted by Crippen LogP contribution is 2.30. The van der Waals surface area contributed by atoms with E-state index in [-0.39, 0.29) is 16.6 Å². The van der Waals surface area contributed by atoms with Gasteiger partial charge in [0.15, 0.2) is 5.43 Å². The van der Waals surface area contributed by atoms with Crippen molar-refractivity contribution in [3.8, 4) is 17.3 Å².